The molecule has 1 aliphatic carbocycles. The van der Waals surface area contributed by atoms with Crippen LogP contribution in [-0.2, 0) is 13.6 Å². The lowest BCUT2D eigenvalue weighted by Gasteiger charge is -2.26. The molecule has 2 rings (SSSR count). The molecule has 1 aromatic rings. The van der Waals surface area contributed by atoms with Gasteiger partial charge in [-0.3, -0.25) is 4.68 Å². The van der Waals surface area contributed by atoms with Crippen LogP contribution in [0.4, 0.5) is 5.82 Å². The van der Waals surface area contributed by atoms with Gasteiger partial charge in [0.15, 0.2) is 0 Å². The van der Waals surface area contributed by atoms with Crippen LogP contribution >= 0.6 is 0 Å². The van der Waals surface area contributed by atoms with Crippen molar-refractivity contribution in [2.45, 2.75) is 65.5 Å². The fraction of sp³-hybridized carbons (Fsp3) is 0.812. The summed E-state index contributed by atoms with van der Waals surface area (Å²) in [5, 5.41) is 8.20. The molecule has 1 heterocycles. The van der Waals surface area contributed by atoms with Gasteiger partial charge in [-0.15, -0.1) is 0 Å². The van der Waals surface area contributed by atoms with E-state index in [1.807, 2.05) is 0 Å². The maximum Gasteiger partial charge on any atom is 0.131 e. The van der Waals surface area contributed by atoms with Gasteiger partial charge in [-0.1, -0.05) is 20.3 Å². The van der Waals surface area contributed by atoms with Gasteiger partial charge in [0.05, 0.1) is 5.69 Å². The molecule has 0 atom stereocenters. The smallest absolute Gasteiger partial charge is 0.131 e. The second-order valence-electron chi connectivity index (χ2n) is 5.97. The highest BCUT2D eigenvalue weighted by Crippen LogP contribution is 2.34. The first-order valence-corrected chi connectivity index (χ1v) is 8.18. The van der Waals surface area contributed by atoms with E-state index in [2.05, 4.69) is 47.8 Å². The minimum absolute atomic E-state index is 0.751. The zero-order valence-corrected chi connectivity index (χ0v) is 13.6. The summed E-state index contributed by atoms with van der Waals surface area (Å²) in [6.45, 7) is 9.80. The van der Waals surface area contributed by atoms with E-state index in [-0.39, 0.29) is 0 Å². The van der Waals surface area contributed by atoms with Crippen molar-refractivity contribution >= 4 is 5.82 Å². The van der Waals surface area contributed by atoms with Gasteiger partial charge in [0.2, 0.25) is 0 Å². The van der Waals surface area contributed by atoms with Gasteiger partial charge >= 0.3 is 0 Å². The Balaban J connectivity index is 2.18. The molecule has 0 unspecified atom stereocenters. The lowest BCUT2D eigenvalue weighted by atomic mass is 10.2. The predicted molar refractivity (Wildman–Crippen MR) is 85.2 cm³/mol. The summed E-state index contributed by atoms with van der Waals surface area (Å²) in [5.41, 5.74) is 2.57. The van der Waals surface area contributed by atoms with Crippen molar-refractivity contribution in [1.82, 2.24) is 15.1 Å². The van der Waals surface area contributed by atoms with Crippen LogP contribution in [0, 0.1) is 6.92 Å². The van der Waals surface area contributed by atoms with Gasteiger partial charge in [-0.25, -0.2) is 0 Å². The van der Waals surface area contributed by atoms with E-state index in [9.17, 15) is 0 Å². The topological polar surface area (TPSA) is 33.1 Å². The maximum absolute atomic E-state index is 4.66. The molecule has 1 aromatic heterocycles. The van der Waals surface area contributed by atoms with Gasteiger partial charge < -0.3 is 10.2 Å². The first-order chi connectivity index (χ1) is 9.69. The summed E-state index contributed by atoms with van der Waals surface area (Å²) in [5.74, 6) is 1.35. The zero-order valence-electron chi connectivity index (χ0n) is 13.6. The summed E-state index contributed by atoms with van der Waals surface area (Å²) in [6.07, 6.45) is 6.38. The molecule has 4 nitrogen and oxygen atoms in total. The van der Waals surface area contributed by atoms with Crippen molar-refractivity contribution < 1.29 is 0 Å². The van der Waals surface area contributed by atoms with E-state index >= 15 is 0 Å². The molecule has 1 saturated carbocycles. The van der Waals surface area contributed by atoms with Crippen LogP contribution in [0.5, 0.6) is 0 Å². The van der Waals surface area contributed by atoms with Gasteiger partial charge in [0, 0.05) is 31.7 Å². The molecule has 0 aliphatic heterocycles. The van der Waals surface area contributed by atoms with E-state index < -0.39 is 0 Å². The van der Waals surface area contributed by atoms with Gasteiger partial charge in [-0.05, 0) is 39.2 Å². The molecule has 1 aliphatic rings. The Morgan fingerprint density at radius 1 is 1.30 bits per heavy atom. The van der Waals surface area contributed by atoms with Gasteiger partial charge in [0.1, 0.15) is 5.82 Å². The minimum atomic E-state index is 0.751. The van der Waals surface area contributed by atoms with Gasteiger partial charge in [-0.2, -0.15) is 5.10 Å². The molecule has 114 valence electrons. The summed E-state index contributed by atoms with van der Waals surface area (Å²) < 4.78 is 2.09. The van der Waals surface area contributed by atoms with Crippen LogP contribution in [0.1, 0.15) is 57.2 Å². The summed E-state index contributed by atoms with van der Waals surface area (Å²) in [7, 11) is 2.09. The maximum atomic E-state index is 4.66. The van der Waals surface area contributed by atoms with Crippen LogP contribution in [-0.4, -0.2) is 28.9 Å². The standard InChI is InChI=1S/C16H30N4/c1-5-7-11-20(14-8-9-14)16-15(12-17-10-6-2)13(3)18-19(16)4/h14,17H,5-12H2,1-4H3. The normalized spacial score (nSPS) is 14.8. The van der Waals surface area contributed by atoms with Crippen molar-refractivity contribution in [1.29, 1.82) is 0 Å². The molecule has 20 heavy (non-hydrogen) atoms. The number of rotatable bonds is 9. The minimum Gasteiger partial charge on any atom is -0.354 e. The average Bonchev–Trinajstić information content (AvgIpc) is 3.21. The fourth-order valence-corrected chi connectivity index (χ4v) is 2.82. The number of hydrogen-bond acceptors (Lipinski definition) is 3. The number of anilines is 1. The van der Waals surface area contributed by atoms with E-state index in [0.29, 0.717) is 0 Å². The summed E-state index contributed by atoms with van der Waals surface area (Å²) in [4.78, 5) is 2.60. The lowest BCUT2D eigenvalue weighted by Crippen LogP contribution is -2.30. The molecule has 0 radical (unpaired) electrons. The van der Waals surface area contributed by atoms with Crippen molar-refractivity contribution in [2.75, 3.05) is 18.0 Å². The fourth-order valence-electron chi connectivity index (χ4n) is 2.82. The molecule has 0 amide bonds. The summed E-state index contributed by atoms with van der Waals surface area (Å²) in [6, 6.07) is 0.751. The second kappa shape index (κ2) is 7.11. The van der Waals surface area contributed by atoms with Crippen LogP contribution in [0.15, 0.2) is 0 Å². The SMILES string of the molecule is CCCCN(c1c(CNCCC)c(C)nn1C)C1CC1. The highest BCUT2D eigenvalue weighted by molar-refractivity contribution is 5.52. The third kappa shape index (κ3) is 3.54. The van der Waals surface area contributed by atoms with E-state index in [0.717, 1.165) is 19.1 Å². The average molecular weight is 278 g/mol. The Bertz CT molecular complexity index is 420. The van der Waals surface area contributed by atoms with Crippen molar-refractivity contribution in [3.63, 3.8) is 0 Å². The Labute approximate surface area is 123 Å². The third-order valence-corrected chi connectivity index (χ3v) is 4.05. The number of hydrogen-bond donors (Lipinski definition) is 1. The molecular formula is C16H30N4. The lowest BCUT2D eigenvalue weighted by molar-refractivity contribution is 0.647. The first kappa shape index (κ1) is 15.4. The third-order valence-electron chi connectivity index (χ3n) is 4.05. The van der Waals surface area contributed by atoms with E-state index in [4.69, 9.17) is 0 Å². The second-order valence-corrected chi connectivity index (χ2v) is 5.97. The Kier molecular flexibility index (Phi) is 5.46. The van der Waals surface area contributed by atoms with Crippen LogP contribution in [0.25, 0.3) is 0 Å². The number of nitrogens with one attached hydrogen (secondary N) is 1. The molecule has 1 N–H and O–H groups in total. The molecule has 0 bridgehead atoms. The van der Waals surface area contributed by atoms with E-state index in [1.54, 1.807) is 0 Å². The van der Waals surface area contributed by atoms with Crippen LogP contribution in [0.2, 0.25) is 0 Å². The molecule has 4 heteroatoms. The summed E-state index contributed by atoms with van der Waals surface area (Å²) >= 11 is 0. The number of unbranched alkanes of at least 4 members (excludes halogenated alkanes) is 1. The monoisotopic (exact) mass is 278 g/mol. The Morgan fingerprint density at radius 2 is 2.05 bits per heavy atom. The highest BCUT2D eigenvalue weighted by Gasteiger charge is 2.32. The van der Waals surface area contributed by atoms with Crippen LogP contribution in [0.3, 0.4) is 0 Å². The number of aromatic nitrogens is 2. The molecule has 1 fully saturated rings. The van der Waals surface area contributed by atoms with Crippen molar-refractivity contribution in [2.24, 2.45) is 7.05 Å². The molecule has 0 spiro atoms. The van der Waals surface area contributed by atoms with Crippen LogP contribution < -0.4 is 10.2 Å². The van der Waals surface area contributed by atoms with E-state index in [1.165, 1.54) is 55.7 Å². The Hall–Kier alpha value is -1.03. The number of aryl methyl sites for hydroxylation is 2. The Morgan fingerprint density at radius 3 is 2.65 bits per heavy atom. The van der Waals surface area contributed by atoms with Crippen molar-refractivity contribution in [3.05, 3.63) is 11.3 Å². The predicted octanol–water partition coefficient (Wildman–Crippen LogP) is 3.00. The first-order valence-electron chi connectivity index (χ1n) is 8.18. The van der Waals surface area contributed by atoms with Crippen molar-refractivity contribution in [3.8, 4) is 0 Å². The molecular weight excluding hydrogens is 248 g/mol. The highest BCUT2D eigenvalue weighted by atomic mass is 15.4. The van der Waals surface area contributed by atoms with Gasteiger partial charge in [0.25, 0.3) is 0 Å². The number of nitrogens with zero attached hydrogens (tertiary/aromatic N) is 3. The quantitative estimate of drug-likeness (QED) is 0.705. The molecule has 0 aromatic carbocycles. The zero-order chi connectivity index (χ0) is 14.5. The molecule has 0 saturated heterocycles. The largest absolute Gasteiger partial charge is 0.354 e.